The minimum atomic E-state index is -5.06. The van der Waals surface area contributed by atoms with Gasteiger partial charge in [0.2, 0.25) is 41.4 Å². The zero-order chi connectivity index (χ0) is 66.7. The summed E-state index contributed by atoms with van der Waals surface area (Å²) in [6, 6.07) is 0.530. The van der Waals surface area contributed by atoms with Crippen LogP contribution in [0.15, 0.2) is 52.8 Å². The number of aromatic nitrogens is 2. The maximum absolute atomic E-state index is 14.4. The van der Waals surface area contributed by atoms with Gasteiger partial charge in [0.1, 0.15) is 18.3 Å². The van der Waals surface area contributed by atoms with Crippen LogP contribution >= 0.6 is 7.82 Å². The molecule has 28 nitrogen and oxygen atoms in total. The number of hydrogen-bond donors (Lipinski definition) is 10. The summed E-state index contributed by atoms with van der Waals surface area (Å²) < 4.78 is 32.3. The number of primary amides is 6. The monoisotopic (exact) mass is 1350 g/mol. The smallest absolute Gasteiger partial charge is 0.472 e. The van der Waals surface area contributed by atoms with E-state index in [2.05, 4.69) is 10.3 Å². The largest absolute Gasteiger partial charge is 0.685 e. The SMILES string of the molecule is C/C1=C2/[N-][C@H]([C@H](CC(N)=O)[C@@]2(C)CCC(=O)NC[C@@H](C)OP(=O)(O)O[C@H]2[C@@H](O)[C@@H]([n+]3c[n-]c4cc(C)c(C)cc43)O[C@@H]2CO)[C@]2(C)[N-][C@H](/C(C)=C3\[N-]/C(=C\[C@@H]4[N-]C1[C@@H](CCC(N)=O)C4(C)C)[C@@H](CCC(N)=O)[C@]3(C)CC(N)=O)[C@@H](CCC(N)=O)[C@]2(C)CC(N)=O.O.[Co]. The molecule has 5 saturated heterocycles. The number of amides is 7. The van der Waals surface area contributed by atoms with Crippen molar-refractivity contribution in [2.75, 3.05) is 13.2 Å². The van der Waals surface area contributed by atoms with Gasteiger partial charge in [-0.05, 0) is 129 Å². The fourth-order valence-electron chi connectivity index (χ4n) is 16.1. The van der Waals surface area contributed by atoms with E-state index in [1.54, 1.807) is 4.57 Å². The van der Waals surface area contributed by atoms with Crippen LogP contribution in [0.5, 0.6) is 0 Å². The molecular weight excluding hydrogens is 1260 g/mol. The molecule has 18 N–H and O–H groups in total. The number of fused-ring (bicyclic) bond motifs is 10. The van der Waals surface area contributed by atoms with Crippen molar-refractivity contribution >= 4 is 60.2 Å². The molecule has 18 atom stereocenters. The van der Waals surface area contributed by atoms with Crippen LogP contribution < -0.4 is 49.3 Å². The Labute approximate surface area is 547 Å². The zero-order valence-electron chi connectivity index (χ0n) is 54.3. The molecule has 0 spiro atoms. The maximum atomic E-state index is 14.4. The Morgan fingerprint density at radius 1 is 0.772 bits per heavy atom. The summed E-state index contributed by atoms with van der Waals surface area (Å²) in [5.74, 6) is -6.91. The van der Waals surface area contributed by atoms with Crippen molar-refractivity contribution in [3.05, 3.63) is 85.2 Å². The molecule has 92 heavy (non-hydrogen) atoms. The van der Waals surface area contributed by atoms with Gasteiger partial charge in [0.05, 0.1) is 30.1 Å². The molecule has 7 amide bonds. The molecule has 7 heterocycles. The molecule has 6 aliphatic rings. The van der Waals surface area contributed by atoms with Crippen LogP contribution in [-0.2, 0) is 68.7 Å². The second-order valence-corrected chi connectivity index (χ2v) is 29.0. The molecule has 8 rings (SSSR count). The number of benzene rings is 1. The molecule has 1 aromatic carbocycles. The molecule has 8 bridgehead atoms. The number of aliphatic hydroxyl groups excluding tert-OH is 2. The summed E-state index contributed by atoms with van der Waals surface area (Å²) in [6.45, 7) is 19.5. The van der Waals surface area contributed by atoms with Gasteiger partial charge in [0, 0.05) is 68.3 Å². The van der Waals surface area contributed by atoms with E-state index in [-0.39, 0.29) is 99.4 Å². The van der Waals surface area contributed by atoms with Crippen molar-refractivity contribution in [1.82, 2.24) is 10.3 Å². The Hall–Kier alpha value is -5.82. The first-order valence-electron chi connectivity index (χ1n) is 30.9. The third-order valence-electron chi connectivity index (χ3n) is 21.2. The number of imidazole rings is 1. The van der Waals surface area contributed by atoms with E-state index in [0.717, 1.165) is 11.1 Å². The van der Waals surface area contributed by atoms with Gasteiger partial charge in [-0.1, -0.05) is 41.5 Å². The first kappa shape index (κ1) is 75.2. The second kappa shape index (κ2) is 28.2. The van der Waals surface area contributed by atoms with Gasteiger partial charge in [-0.3, -0.25) is 42.6 Å². The third-order valence-corrected chi connectivity index (χ3v) is 22.3. The van der Waals surface area contributed by atoms with E-state index in [1.165, 1.54) is 13.3 Å². The Morgan fingerprint density at radius 2 is 1.36 bits per heavy atom. The number of nitrogens with one attached hydrogen (secondary N) is 1. The number of hydrogen-bond acceptors (Lipinski definition) is 13. The average molecular weight is 1350 g/mol. The minimum Gasteiger partial charge on any atom is -0.685 e. The van der Waals surface area contributed by atoms with Crippen molar-refractivity contribution in [2.24, 2.45) is 79.7 Å². The van der Waals surface area contributed by atoms with Crippen LogP contribution in [0.1, 0.15) is 150 Å². The average Bonchev–Trinajstić information content (AvgIpc) is 1.53. The maximum Gasteiger partial charge on any atom is 0.472 e. The Morgan fingerprint density at radius 3 is 1.95 bits per heavy atom. The molecular formula is C62H94CoN13O15P-4. The fourth-order valence-corrected chi connectivity index (χ4v) is 17.2. The van der Waals surface area contributed by atoms with E-state index >= 15 is 0 Å². The van der Waals surface area contributed by atoms with Crippen LogP contribution in [0, 0.1) is 59.2 Å². The van der Waals surface area contributed by atoms with Crippen molar-refractivity contribution in [3.63, 3.8) is 0 Å². The topological polar surface area (TPSA) is 499 Å². The summed E-state index contributed by atoms with van der Waals surface area (Å²) in [6.07, 6.45) is -3.98. The predicted octanol–water partition coefficient (Wildman–Crippen LogP) is 3.07. The molecule has 2 aromatic rings. The van der Waals surface area contributed by atoms with Gasteiger partial charge in [-0.25, -0.2) is 9.55 Å². The van der Waals surface area contributed by atoms with E-state index < -0.39 is 161 Å². The number of nitrogens with zero attached hydrogens (tertiary/aromatic N) is 6. The summed E-state index contributed by atoms with van der Waals surface area (Å²) >= 11 is 0. The third kappa shape index (κ3) is 14.4. The number of phosphoric acid groups is 1. The first-order chi connectivity index (χ1) is 41.8. The van der Waals surface area contributed by atoms with Crippen LogP contribution in [-0.4, -0.2) is 129 Å². The number of carbonyl (C=O) groups excluding carboxylic acids is 7. The minimum absolute atomic E-state index is 0. The molecule has 1 aromatic heterocycles. The van der Waals surface area contributed by atoms with Gasteiger partial charge in [0.25, 0.3) is 0 Å². The number of aryl methyl sites for hydroxylation is 2. The van der Waals surface area contributed by atoms with E-state index in [0.29, 0.717) is 39.3 Å². The normalized spacial score (nSPS) is 36.0. The standard InChI is InChI=1S/C62H92N13O14P.Co.H2O/c1-29-20-39-40(21-30(29)2)75(28-70-39)57-52(84)53(41(27-76)87-57)89-90(85,86)88-31(3)26-69-49(83)18-19-59(8)37(22-46(66)80)56-62(11)61(10,25-48(68)82)36(14-17-45(65)79)51(74-62)33(5)55-60(9,24-47(67)81)34(12-15-43(63)77)38(71-55)23-42-58(6,7)35(13-16-44(64)78)50(72-42)32(4)54(59)73-56;;/h20-21,23,28,31,34-37,41-42,50-53,56-57,76,84H,12-19,22,24-27H2,1-11H3,(H14,63,64,65,66,67,68,69,77,78,79,80,81,82,83,85,86);;1H2/q-4;;/b38-23-,54-32-,55-33-;;/t31-,34-,35-,36-,37+,41-,42+,50?,51-,52-,53-,56-,57+,59-,60+,61+,62+;;/m1../s1. The molecule has 2 unspecified atom stereocenters. The molecule has 515 valence electrons. The van der Waals surface area contributed by atoms with Crippen LogP contribution in [0.3, 0.4) is 0 Å². The van der Waals surface area contributed by atoms with Gasteiger partial charge in [0.15, 0.2) is 6.23 Å². The molecule has 5 fully saturated rings. The van der Waals surface area contributed by atoms with E-state index in [9.17, 15) is 53.2 Å². The summed E-state index contributed by atoms with van der Waals surface area (Å²) in [5.41, 5.74) is 36.2. The fraction of sp³-hybridized carbons (Fsp3) is 0.677. The van der Waals surface area contributed by atoms with Crippen molar-refractivity contribution in [3.8, 4) is 0 Å². The molecule has 0 aliphatic carbocycles. The quantitative estimate of drug-likeness (QED) is 0.0478. The van der Waals surface area contributed by atoms with E-state index in [4.69, 9.17) is 69.5 Å². The van der Waals surface area contributed by atoms with Gasteiger partial charge >= 0.3 is 7.82 Å². The second-order valence-electron chi connectivity index (χ2n) is 27.6. The summed E-state index contributed by atoms with van der Waals surface area (Å²) in [4.78, 5) is 109. The number of rotatable bonds is 26. The molecule has 0 saturated carbocycles. The Kier molecular flexibility index (Phi) is 23.1. The van der Waals surface area contributed by atoms with Crippen LogP contribution in [0.25, 0.3) is 32.3 Å². The number of carbonyl (C=O) groups is 7. The number of nitrogens with two attached hydrogens (primary N) is 6. The van der Waals surface area contributed by atoms with Crippen molar-refractivity contribution < 1.29 is 93.8 Å². The van der Waals surface area contributed by atoms with Crippen molar-refractivity contribution in [2.45, 2.75) is 207 Å². The summed E-state index contributed by atoms with van der Waals surface area (Å²) in [5, 5.41) is 46.9. The van der Waals surface area contributed by atoms with Gasteiger partial charge in [-0.15, -0.1) is 46.9 Å². The zero-order valence-corrected chi connectivity index (χ0v) is 56.2. The number of allylic oxidation sites excluding steroid dienone is 3. The van der Waals surface area contributed by atoms with Crippen LogP contribution in [0.2, 0.25) is 0 Å². The molecule has 1 radical (unpaired) electrons. The van der Waals surface area contributed by atoms with Gasteiger partial charge in [-0.2, -0.15) is 17.1 Å². The van der Waals surface area contributed by atoms with Crippen LogP contribution in [0.4, 0.5) is 0 Å². The number of aliphatic hydroxyl groups is 2. The Balaban J connectivity index is 0.00000672. The van der Waals surface area contributed by atoms with E-state index in [1.807, 2.05) is 87.4 Å². The van der Waals surface area contributed by atoms with Gasteiger partial charge < -0.3 is 90.9 Å². The Bertz CT molecular complexity index is 3340. The van der Waals surface area contributed by atoms with Crippen molar-refractivity contribution in [1.29, 1.82) is 0 Å². The number of phosphoric ester groups is 1. The number of ether oxygens (including phenoxy) is 1. The first-order valence-corrected chi connectivity index (χ1v) is 32.4. The summed E-state index contributed by atoms with van der Waals surface area (Å²) in [7, 11) is -5.06. The molecule has 6 aliphatic heterocycles. The molecule has 30 heteroatoms. The predicted molar refractivity (Wildman–Crippen MR) is 334 cm³/mol.